The zero-order valence-electron chi connectivity index (χ0n) is 15.6. The van der Waals surface area contributed by atoms with Gasteiger partial charge < -0.3 is 5.32 Å². The van der Waals surface area contributed by atoms with Gasteiger partial charge in [-0.1, -0.05) is 48.5 Å². The van der Waals surface area contributed by atoms with E-state index in [1.165, 1.54) is 0 Å². The highest BCUT2D eigenvalue weighted by molar-refractivity contribution is 6.21. The first-order valence-electron chi connectivity index (χ1n) is 9.35. The molecule has 0 spiro atoms. The van der Waals surface area contributed by atoms with E-state index < -0.39 is 6.04 Å². The average molecular weight is 385 g/mol. The van der Waals surface area contributed by atoms with Crippen LogP contribution in [-0.4, -0.2) is 34.2 Å². The summed E-state index contributed by atoms with van der Waals surface area (Å²) in [6.45, 7) is 0.0297. The smallest absolute Gasteiger partial charge is 0.261 e. The van der Waals surface area contributed by atoms with E-state index in [1.54, 1.807) is 30.5 Å². The van der Waals surface area contributed by atoms with E-state index in [-0.39, 0.29) is 30.7 Å². The molecule has 2 heterocycles. The van der Waals surface area contributed by atoms with Crippen molar-refractivity contribution in [3.05, 3.63) is 101 Å². The third-order valence-corrected chi connectivity index (χ3v) is 4.86. The molecule has 3 aromatic rings. The van der Waals surface area contributed by atoms with Crippen molar-refractivity contribution < 1.29 is 14.4 Å². The zero-order chi connectivity index (χ0) is 20.2. The van der Waals surface area contributed by atoms with Gasteiger partial charge in [0.2, 0.25) is 5.91 Å². The number of hydrogen-bond donors (Lipinski definition) is 1. The predicted molar refractivity (Wildman–Crippen MR) is 107 cm³/mol. The number of fused-ring (bicyclic) bond motifs is 1. The van der Waals surface area contributed by atoms with Gasteiger partial charge in [-0.2, -0.15) is 0 Å². The van der Waals surface area contributed by atoms with E-state index in [1.807, 2.05) is 48.5 Å². The summed E-state index contributed by atoms with van der Waals surface area (Å²) in [6, 6.07) is 21.4. The van der Waals surface area contributed by atoms with Gasteiger partial charge in [-0.25, -0.2) is 0 Å². The Bertz CT molecular complexity index is 977. The molecule has 1 aliphatic heterocycles. The summed E-state index contributed by atoms with van der Waals surface area (Å²) in [5.41, 5.74) is 2.38. The highest BCUT2D eigenvalue weighted by atomic mass is 16.2. The topological polar surface area (TPSA) is 79.4 Å². The fraction of sp³-hybridized carbons (Fsp3) is 0.130. The van der Waals surface area contributed by atoms with Crippen LogP contribution in [0.15, 0.2) is 79.0 Å². The van der Waals surface area contributed by atoms with Crippen molar-refractivity contribution in [3.63, 3.8) is 0 Å². The number of amides is 3. The van der Waals surface area contributed by atoms with Crippen molar-refractivity contribution in [2.75, 3.05) is 6.54 Å². The van der Waals surface area contributed by atoms with Crippen LogP contribution in [-0.2, 0) is 4.79 Å². The molecule has 6 nitrogen and oxygen atoms in total. The highest BCUT2D eigenvalue weighted by Crippen LogP contribution is 2.23. The molecule has 1 atom stereocenters. The first-order valence-corrected chi connectivity index (χ1v) is 9.35. The maximum atomic E-state index is 12.7. The lowest BCUT2D eigenvalue weighted by Crippen LogP contribution is -2.36. The van der Waals surface area contributed by atoms with E-state index in [9.17, 15) is 14.4 Å². The van der Waals surface area contributed by atoms with Crippen LogP contribution < -0.4 is 5.32 Å². The van der Waals surface area contributed by atoms with Crippen molar-refractivity contribution in [1.29, 1.82) is 0 Å². The Kier molecular flexibility index (Phi) is 5.16. The largest absolute Gasteiger partial charge is 0.344 e. The number of rotatable bonds is 6. The van der Waals surface area contributed by atoms with Crippen LogP contribution in [0.4, 0.5) is 0 Å². The van der Waals surface area contributed by atoms with Gasteiger partial charge in [0.1, 0.15) is 0 Å². The second-order valence-corrected chi connectivity index (χ2v) is 6.72. The Hall–Kier alpha value is -3.80. The Labute approximate surface area is 168 Å². The van der Waals surface area contributed by atoms with E-state index >= 15 is 0 Å². The summed E-state index contributed by atoms with van der Waals surface area (Å²) >= 11 is 0. The van der Waals surface area contributed by atoms with Gasteiger partial charge in [0.25, 0.3) is 11.8 Å². The zero-order valence-corrected chi connectivity index (χ0v) is 15.6. The van der Waals surface area contributed by atoms with Crippen molar-refractivity contribution in [1.82, 2.24) is 15.2 Å². The molecule has 144 valence electrons. The molecule has 0 bridgehead atoms. The standard InChI is InChI=1S/C23H19N3O3/c27-20(13-15-26-22(28)17-10-4-5-11-18(17)23(26)29)25-21(16-8-2-1-3-9-16)19-12-6-7-14-24-19/h1-12,14,21H,13,15H2,(H,25,27). The third kappa shape index (κ3) is 3.78. The number of pyridine rings is 1. The molecule has 0 saturated heterocycles. The van der Waals surface area contributed by atoms with E-state index in [2.05, 4.69) is 10.3 Å². The Morgan fingerprint density at radius 2 is 1.48 bits per heavy atom. The molecule has 1 N–H and O–H groups in total. The molecular formula is C23H19N3O3. The summed E-state index contributed by atoms with van der Waals surface area (Å²) in [6.07, 6.45) is 1.69. The van der Waals surface area contributed by atoms with Crippen molar-refractivity contribution >= 4 is 17.7 Å². The molecule has 6 heteroatoms. The quantitative estimate of drug-likeness (QED) is 0.662. The van der Waals surface area contributed by atoms with Crippen molar-refractivity contribution in [2.45, 2.75) is 12.5 Å². The van der Waals surface area contributed by atoms with Crippen molar-refractivity contribution in [2.24, 2.45) is 0 Å². The lowest BCUT2D eigenvalue weighted by Gasteiger charge is -2.20. The van der Waals surface area contributed by atoms with Crippen LogP contribution in [0.25, 0.3) is 0 Å². The summed E-state index contributed by atoms with van der Waals surface area (Å²) in [4.78, 5) is 43.0. The monoisotopic (exact) mass is 385 g/mol. The number of benzene rings is 2. The first kappa shape index (κ1) is 18.6. The van der Waals surface area contributed by atoms with Gasteiger partial charge in [-0.05, 0) is 29.8 Å². The maximum absolute atomic E-state index is 12.7. The Morgan fingerprint density at radius 3 is 2.10 bits per heavy atom. The normalized spacial score (nSPS) is 13.9. The van der Waals surface area contributed by atoms with E-state index in [0.29, 0.717) is 16.8 Å². The van der Waals surface area contributed by atoms with Gasteiger partial charge in [-0.3, -0.25) is 24.3 Å². The minimum absolute atomic E-state index is 0.0155. The molecule has 3 amide bonds. The molecule has 0 fully saturated rings. The highest BCUT2D eigenvalue weighted by Gasteiger charge is 2.35. The van der Waals surface area contributed by atoms with Crippen LogP contribution in [0.1, 0.15) is 44.4 Å². The lowest BCUT2D eigenvalue weighted by molar-refractivity contribution is -0.121. The maximum Gasteiger partial charge on any atom is 0.261 e. The van der Waals surface area contributed by atoms with Gasteiger partial charge in [0.15, 0.2) is 0 Å². The summed E-state index contributed by atoms with van der Waals surface area (Å²) < 4.78 is 0. The SMILES string of the molecule is O=C(CCN1C(=O)c2ccccc2C1=O)NC(c1ccccc1)c1ccccn1. The van der Waals surface area contributed by atoms with Crippen LogP contribution in [0, 0.1) is 0 Å². The molecular weight excluding hydrogens is 366 g/mol. The Balaban J connectivity index is 1.46. The fourth-order valence-electron chi connectivity index (χ4n) is 3.41. The molecule has 4 rings (SSSR count). The van der Waals surface area contributed by atoms with Gasteiger partial charge in [-0.15, -0.1) is 0 Å². The Morgan fingerprint density at radius 1 is 0.862 bits per heavy atom. The summed E-state index contributed by atoms with van der Waals surface area (Å²) in [5.74, 6) is -0.980. The second kappa shape index (κ2) is 8.06. The van der Waals surface area contributed by atoms with E-state index in [0.717, 1.165) is 10.5 Å². The number of nitrogens with zero attached hydrogens (tertiary/aromatic N) is 2. The second-order valence-electron chi connectivity index (χ2n) is 6.72. The minimum atomic E-state index is -0.410. The number of hydrogen-bond acceptors (Lipinski definition) is 4. The number of nitrogens with one attached hydrogen (secondary N) is 1. The number of carbonyl (C=O) groups is 3. The molecule has 0 radical (unpaired) electrons. The van der Waals surface area contributed by atoms with Crippen LogP contribution in [0.3, 0.4) is 0 Å². The predicted octanol–water partition coefficient (Wildman–Crippen LogP) is 2.97. The van der Waals surface area contributed by atoms with Crippen LogP contribution in [0.2, 0.25) is 0 Å². The average Bonchev–Trinajstić information content (AvgIpc) is 3.02. The molecule has 0 saturated carbocycles. The van der Waals surface area contributed by atoms with Gasteiger partial charge >= 0.3 is 0 Å². The number of imide groups is 1. The molecule has 29 heavy (non-hydrogen) atoms. The van der Waals surface area contributed by atoms with Crippen LogP contribution >= 0.6 is 0 Å². The molecule has 1 aromatic heterocycles. The number of carbonyl (C=O) groups excluding carboxylic acids is 3. The molecule has 0 aliphatic carbocycles. The molecule has 1 aliphatic rings. The minimum Gasteiger partial charge on any atom is -0.344 e. The molecule has 1 unspecified atom stereocenters. The molecule has 2 aromatic carbocycles. The number of aromatic nitrogens is 1. The third-order valence-electron chi connectivity index (χ3n) is 4.86. The van der Waals surface area contributed by atoms with E-state index in [4.69, 9.17) is 0 Å². The van der Waals surface area contributed by atoms with Crippen molar-refractivity contribution in [3.8, 4) is 0 Å². The summed E-state index contributed by atoms with van der Waals surface area (Å²) in [7, 11) is 0. The lowest BCUT2D eigenvalue weighted by atomic mass is 10.0. The first-order chi connectivity index (χ1) is 14.1. The summed E-state index contributed by atoms with van der Waals surface area (Å²) in [5, 5.41) is 2.97. The van der Waals surface area contributed by atoms with Gasteiger partial charge in [0.05, 0.1) is 22.9 Å². The fourth-order valence-corrected chi connectivity index (χ4v) is 3.41. The van der Waals surface area contributed by atoms with Gasteiger partial charge in [0, 0.05) is 19.2 Å². The van der Waals surface area contributed by atoms with Crippen LogP contribution in [0.5, 0.6) is 0 Å².